The van der Waals surface area contributed by atoms with Crippen molar-refractivity contribution in [1.82, 2.24) is 0 Å². The van der Waals surface area contributed by atoms with E-state index in [1.165, 1.54) is 17.2 Å². The zero-order valence-corrected chi connectivity index (χ0v) is 14.1. The van der Waals surface area contributed by atoms with Crippen LogP contribution in [0.5, 0.6) is 0 Å². The van der Waals surface area contributed by atoms with Gasteiger partial charge in [0.05, 0.1) is 18.8 Å². The molecule has 25 heavy (non-hydrogen) atoms. The van der Waals surface area contributed by atoms with Crippen LogP contribution >= 0.6 is 0 Å². The van der Waals surface area contributed by atoms with E-state index < -0.39 is 11.6 Å². The summed E-state index contributed by atoms with van der Waals surface area (Å²) in [7, 11) is 0. The van der Waals surface area contributed by atoms with Gasteiger partial charge in [-0.2, -0.15) is 0 Å². The van der Waals surface area contributed by atoms with Crippen LogP contribution in [0.3, 0.4) is 0 Å². The van der Waals surface area contributed by atoms with E-state index in [1.807, 2.05) is 25.1 Å². The topological polar surface area (TPSA) is 33.5 Å². The average Bonchev–Trinajstić information content (AvgIpc) is 2.64. The molecule has 0 aromatic heterocycles. The van der Waals surface area contributed by atoms with E-state index >= 15 is 0 Å². The molecule has 0 saturated carbocycles. The molecule has 1 aliphatic rings. The largest absolute Gasteiger partial charge is 0.321 e. The molecule has 0 saturated heterocycles. The number of carbonyl (C=O) groups is 1. The Hall–Kier alpha value is -2.53. The third-order valence-electron chi connectivity index (χ3n) is 4.67. The molecule has 0 radical (unpaired) electrons. The van der Waals surface area contributed by atoms with Crippen LogP contribution in [-0.2, 0) is 4.79 Å². The predicted molar refractivity (Wildman–Crippen MR) is 94.2 cm³/mol. The monoisotopic (exact) mass is 343 g/mol. The molecule has 1 amide bonds. The Morgan fingerprint density at radius 3 is 2.56 bits per heavy atom. The Morgan fingerprint density at radius 2 is 1.92 bits per heavy atom. The molecule has 3 rings (SSSR count). The van der Waals surface area contributed by atoms with Crippen LogP contribution in [-0.4, -0.2) is 25.0 Å². The maximum atomic E-state index is 13.7. The van der Waals surface area contributed by atoms with Gasteiger partial charge in [0.2, 0.25) is 0 Å². The van der Waals surface area contributed by atoms with E-state index in [-0.39, 0.29) is 17.6 Å². The van der Waals surface area contributed by atoms with E-state index in [1.54, 1.807) is 0 Å². The lowest BCUT2D eigenvalue weighted by molar-refractivity contribution is -0.909. The summed E-state index contributed by atoms with van der Waals surface area (Å²) in [6, 6.07) is 13.0. The van der Waals surface area contributed by atoms with Crippen molar-refractivity contribution in [2.75, 3.05) is 18.4 Å². The SMILES string of the molecule is C[C@H](C(=O)Nc1ccc(F)cc1F)[NH+]1CC=C(c2ccccc2)CC1. The van der Waals surface area contributed by atoms with Crippen molar-refractivity contribution in [3.05, 3.63) is 71.8 Å². The van der Waals surface area contributed by atoms with Gasteiger partial charge in [-0.25, -0.2) is 8.78 Å². The summed E-state index contributed by atoms with van der Waals surface area (Å²) in [6.07, 6.45) is 3.05. The number of quaternary nitrogens is 1. The van der Waals surface area contributed by atoms with Gasteiger partial charge in [-0.05, 0) is 36.3 Å². The highest BCUT2D eigenvalue weighted by Crippen LogP contribution is 2.18. The van der Waals surface area contributed by atoms with Gasteiger partial charge in [0.15, 0.2) is 6.04 Å². The third kappa shape index (κ3) is 4.12. The minimum Gasteiger partial charge on any atom is -0.321 e. The fourth-order valence-corrected chi connectivity index (χ4v) is 3.08. The summed E-state index contributed by atoms with van der Waals surface area (Å²) in [4.78, 5) is 13.5. The first-order valence-electron chi connectivity index (χ1n) is 8.39. The summed E-state index contributed by atoms with van der Waals surface area (Å²) in [5.41, 5.74) is 2.52. The standard InChI is InChI=1S/C20H20F2N2O/c1-14(20(25)23-19-8-7-17(21)13-18(19)22)24-11-9-16(10-12-24)15-5-3-2-4-6-15/h2-9,13-14H,10-12H2,1H3,(H,23,25)/p+1/t14-/m1/s1. The van der Waals surface area contributed by atoms with Crippen molar-refractivity contribution in [2.24, 2.45) is 0 Å². The molecule has 0 spiro atoms. The van der Waals surface area contributed by atoms with Crippen LogP contribution in [0.15, 0.2) is 54.6 Å². The highest BCUT2D eigenvalue weighted by molar-refractivity contribution is 5.93. The van der Waals surface area contributed by atoms with Gasteiger partial charge in [-0.3, -0.25) is 4.79 Å². The van der Waals surface area contributed by atoms with Gasteiger partial charge in [0.1, 0.15) is 11.6 Å². The third-order valence-corrected chi connectivity index (χ3v) is 4.67. The summed E-state index contributed by atoms with van der Waals surface area (Å²) in [5, 5.41) is 2.56. The Kier molecular flexibility index (Phi) is 5.24. The number of carbonyl (C=O) groups excluding carboxylic acids is 1. The number of halogens is 2. The molecule has 2 aromatic carbocycles. The number of hydrogen-bond donors (Lipinski definition) is 2. The van der Waals surface area contributed by atoms with Crippen LogP contribution < -0.4 is 10.2 Å². The fourth-order valence-electron chi connectivity index (χ4n) is 3.08. The van der Waals surface area contributed by atoms with Crippen LogP contribution in [0.4, 0.5) is 14.5 Å². The molecule has 2 atom stereocenters. The molecule has 2 aromatic rings. The molecular weight excluding hydrogens is 322 g/mol. The van der Waals surface area contributed by atoms with Gasteiger partial charge in [-0.15, -0.1) is 0 Å². The molecular formula is C20H21F2N2O+. The lowest BCUT2D eigenvalue weighted by Crippen LogP contribution is -3.17. The van der Waals surface area contributed by atoms with Crippen LogP contribution in [0.1, 0.15) is 18.9 Å². The van der Waals surface area contributed by atoms with Crippen LogP contribution in [0.25, 0.3) is 5.57 Å². The van der Waals surface area contributed by atoms with Crippen molar-refractivity contribution in [2.45, 2.75) is 19.4 Å². The minimum atomic E-state index is -0.763. The molecule has 1 heterocycles. The van der Waals surface area contributed by atoms with Gasteiger partial charge in [0.25, 0.3) is 5.91 Å². The smallest absolute Gasteiger partial charge is 0.282 e. The van der Waals surface area contributed by atoms with Crippen molar-refractivity contribution in [3.63, 3.8) is 0 Å². The maximum Gasteiger partial charge on any atom is 0.282 e. The van der Waals surface area contributed by atoms with Gasteiger partial charge < -0.3 is 10.2 Å². The lowest BCUT2D eigenvalue weighted by Gasteiger charge is -2.28. The van der Waals surface area contributed by atoms with E-state index in [4.69, 9.17) is 0 Å². The Bertz CT molecular complexity index is 790. The van der Waals surface area contributed by atoms with E-state index in [9.17, 15) is 13.6 Å². The maximum absolute atomic E-state index is 13.7. The van der Waals surface area contributed by atoms with Crippen molar-refractivity contribution in [3.8, 4) is 0 Å². The number of rotatable bonds is 4. The highest BCUT2D eigenvalue weighted by atomic mass is 19.1. The predicted octanol–water partition coefficient (Wildman–Crippen LogP) is 2.66. The number of nitrogens with one attached hydrogen (secondary N) is 2. The second kappa shape index (κ2) is 7.57. The lowest BCUT2D eigenvalue weighted by atomic mass is 9.99. The van der Waals surface area contributed by atoms with Crippen molar-refractivity contribution in [1.29, 1.82) is 0 Å². The van der Waals surface area contributed by atoms with Crippen molar-refractivity contribution >= 4 is 17.2 Å². The number of amides is 1. The van der Waals surface area contributed by atoms with Crippen LogP contribution in [0.2, 0.25) is 0 Å². The molecule has 0 aliphatic carbocycles. The Morgan fingerprint density at radius 1 is 1.16 bits per heavy atom. The second-order valence-electron chi connectivity index (χ2n) is 6.29. The Labute approximate surface area is 146 Å². The second-order valence-corrected chi connectivity index (χ2v) is 6.29. The molecule has 0 fully saturated rings. The number of hydrogen-bond acceptors (Lipinski definition) is 1. The number of anilines is 1. The summed E-state index contributed by atoms with van der Waals surface area (Å²) in [6.45, 7) is 3.40. The molecule has 3 nitrogen and oxygen atoms in total. The Balaban J connectivity index is 1.63. The van der Waals surface area contributed by atoms with Gasteiger partial charge >= 0.3 is 0 Å². The fraction of sp³-hybridized carbons (Fsp3) is 0.250. The van der Waals surface area contributed by atoms with Crippen molar-refractivity contribution < 1.29 is 18.5 Å². The molecule has 0 bridgehead atoms. The highest BCUT2D eigenvalue weighted by Gasteiger charge is 2.27. The quantitative estimate of drug-likeness (QED) is 0.879. The van der Waals surface area contributed by atoms with Gasteiger partial charge in [0, 0.05) is 12.5 Å². The first-order chi connectivity index (χ1) is 12.0. The first-order valence-corrected chi connectivity index (χ1v) is 8.39. The molecule has 2 N–H and O–H groups in total. The summed E-state index contributed by atoms with van der Waals surface area (Å²) < 4.78 is 26.6. The first kappa shape index (κ1) is 17.3. The normalized spacial score (nSPS) is 18.4. The number of benzene rings is 2. The van der Waals surface area contributed by atoms with E-state index in [0.29, 0.717) is 0 Å². The zero-order valence-electron chi connectivity index (χ0n) is 14.1. The average molecular weight is 343 g/mol. The minimum absolute atomic E-state index is 0.00942. The molecule has 1 aliphatic heterocycles. The van der Waals surface area contributed by atoms with Gasteiger partial charge in [-0.1, -0.05) is 30.3 Å². The van der Waals surface area contributed by atoms with E-state index in [0.717, 1.165) is 36.5 Å². The molecule has 130 valence electrons. The van der Waals surface area contributed by atoms with E-state index in [2.05, 4.69) is 23.5 Å². The molecule has 1 unspecified atom stereocenters. The van der Waals surface area contributed by atoms with Crippen LogP contribution in [0, 0.1) is 11.6 Å². The molecule has 5 heteroatoms. The zero-order chi connectivity index (χ0) is 17.8. The summed E-state index contributed by atoms with van der Waals surface area (Å²) in [5.74, 6) is -1.69. The summed E-state index contributed by atoms with van der Waals surface area (Å²) >= 11 is 0.